The van der Waals surface area contributed by atoms with Crippen molar-refractivity contribution >= 4 is 16.0 Å². The summed E-state index contributed by atoms with van der Waals surface area (Å²) < 4.78 is 39.9. The molecule has 0 aliphatic heterocycles. The molecule has 1 saturated carbocycles. The highest BCUT2D eigenvalue weighted by atomic mass is 32.2. The van der Waals surface area contributed by atoms with Crippen molar-refractivity contribution in [2.45, 2.75) is 30.6 Å². The van der Waals surface area contributed by atoms with Crippen molar-refractivity contribution in [3.8, 4) is 0 Å². The van der Waals surface area contributed by atoms with Crippen molar-refractivity contribution in [2.75, 3.05) is 6.54 Å². The number of aliphatic carboxylic acids is 1. The first kappa shape index (κ1) is 14.9. The van der Waals surface area contributed by atoms with Crippen LogP contribution in [0.15, 0.2) is 29.2 Å². The van der Waals surface area contributed by atoms with Crippen LogP contribution < -0.4 is 4.72 Å². The number of benzene rings is 1. The maximum Gasteiger partial charge on any atom is 0.303 e. The normalized spacial score (nSPS) is 17.4. The lowest BCUT2D eigenvalue weighted by atomic mass is 9.67. The third-order valence-electron chi connectivity index (χ3n) is 3.70. The number of sulfonamides is 1. The number of hydrogen-bond acceptors (Lipinski definition) is 3. The average Bonchev–Trinajstić information content (AvgIpc) is 2.32. The van der Waals surface area contributed by atoms with E-state index in [1.807, 2.05) is 0 Å². The molecule has 1 aliphatic rings. The average molecular weight is 301 g/mol. The third kappa shape index (κ3) is 3.16. The summed E-state index contributed by atoms with van der Waals surface area (Å²) in [7, 11) is -3.95. The van der Waals surface area contributed by atoms with Crippen LogP contribution in [-0.4, -0.2) is 26.0 Å². The summed E-state index contributed by atoms with van der Waals surface area (Å²) in [5.41, 5.74) is -0.538. The van der Waals surface area contributed by atoms with Crippen molar-refractivity contribution in [3.63, 3.8) is 0 Å². The molecule has 5 nitrogen and oxygen atoms in total. The van der Waals surface area contributed by atoms with E-state index in [4.69, 9.17) is 5.11 Å². The molecule has 1 aromatic rings. The number of halogens is 1. The molecule has 7 heteroatoms. The van der Waals surface area contributed by atoms with Gasteiger partial charge in [0.15, 0.2) is 0 Å². The van der Waals surface area contributed by atoms with Crippen LogP contribution in [0.1, 0.15) is 25.7 Å². The van der Waals surface area contributed by atoms with E-state index in [-0.39, 0.29) is 13.0 Å². The zero-order valence-electron chi connectivity index (χ0n) is 10.8. The Morgan fingerprint density at radius 3 is 2.50 bits per heavy atom. The van der Waals surface area contributed by atoms with E-state index in [1.54, 1.807) is 0 Å². The molecule has 0 amide bonds. The molecule has 20 heavy (non-hydrogen) atoms. The van der Waals surface area contributed by atoms with E-state index in [9.17, 15) is 17.6 Å². The summed E-state index contributed by atoms with van der Waals surface area (Å²) in [4.78, 5) is 10.4. The Kier molecular flexibility index (Phi) is 4.10. The van der Waals surface area contributed by atoms with E-state index in [2.05, 4.69) is 4.72 Å². The highest BCUT2D eigenvalue weighted by molar-refractivity contribution is 7.89. The molecule has 2 N–H and O–H groups in total. The molecule has 0 spiro atoms. The molecule has 110 valence electrons. The van der Waals surface area contributed by atoms with Crippen molar-refractivity contribution < 1.29 is 22.7 Å². The number of carboxylic acid groups (broad SMARTS) is 1. The molecule has 0 bridgehead atoms. The predicted octanol–water partition coefficient (Wildman–Crippen LogP) is 1.75. The molecule has 1 aromatic carbocycles. The fourth-order valence-corrected chi connectivity index (χ4v) is 3.64. The highest BCUT2D eigenvalue weighted by Crippen LogP contribution is 2.43. The highest BCUT2D eigenvalue weighted by Gasteiger charge is 2.40. The molecule has 1 fully saturated rings. The number of carbonyl (C=O) groups is 1. The maximum atomic E-state index is 13.5. The lowest BCUT2D eigenvalue weighted by Crippen LogP contribution is -2.43. The van der Waals surface area contributed by atoms with Gasteiger partial charge in [-0.25, -0.2) is 17.5 Å². The van der Waals surface area contributed by atoms with Crippen LogP contribution >= 0.6 is 0 Å². The summed E-state index contributed by atoms with van der Waals surface area (Å²) in [6.45, 7) is 0.0238. The molecule has 0 aromatic heterocycles. The smallest absolute Gasteiger partial charge is 0.303 e. The van der Waals surface area contributed by atoms with Crippen LogP contribution in [0.2, 0.25) is 0 Å². The van der Waals surface area contributed by atoms with Gasteiger partial charge < -0.3 is 5.11 Å². The summed E-state index contributed by atoms with van der Waals surface area (Å²) in [6.07, 6.45) is 2.14. The van der Waals surface area contributed by atoms with Crippen molar-refractivity contribution in [2.24, 2.45) is 5.41 Å². The SMILES string of the molecule is O=C(O)CC1(CNS(=O)(=O)c2ccccc2F)CCC1. The van der Waals surface area contributed by atoms with E-state index < -0.39 is 32.1 Å². The minimum atomic E-state index is -3.95. The zero-order chi connectivity index (χ0) is 14.8. The Morgan fingerprint density at radius 2 is 2.00 bits per heavy atom. The van der Waals surface area contributed by atoms with Gasteiger partial charge in [0, 0.05) is 6.54 Å². The first-order valence-corrected chi connectivity index (χ1v) is 7.79. The topological polar surface area (TPSA) is 83.5 Å². The van der Waals surface area contributed by atoms with Crippen molar-refractivity contribution in [1.29, 1.82) is 0 Å². The Hall–Kier alpha value is -1.47. The van der Waals surface area contributed by atoms with Crippen LogP contribution in [-0.2, 0) is 14.8 Å². The fraction of sp³-hybridized carbons (Fsp3) is 0.462. The molecule has 0 atom stereocenters. The van der Waals surface area contributed by atoms with Gasteiger partial charge in [-0.2, -0.15) is 0 Å². The van der Waals surface area contributed by atoms with Gasteiger partial charge in [0.05, 0.1) is 6.42 Å². The second-order valence-corrected chi connectivity index (χ2v) is 6.91. The van der Waals surface area contributed by atoms with E-state index in [0.29, 0.717) is 12.8 Å². The zero-order valence-corrected chi connectivity index (χ0v) is 11.6. The summed E-state index contributed by atoms with van der Waals surface area (Å²) >= 11 is 0. The lowest BCUT2D eigenvalue weighted by molar-refractivity contribution is -0.141. The van der Waals surface area contributed by atoms with Gasteiger partial charge in [-0.05, 0) is 30.4 Å². The molecule has 2 rings (SSSR count). The lowest BCUT2D eigenvalue weighted by Gasteiger charge is -2.40. The van der Waals surface area contributed by atoms with E-state index >= 15 is 0 Å². The van der Waals surface area contributed by atoms with Crippen molar-refractivity contribution in [1.82, 2.24) is 4.72 Å². The van der Waals surface area contributed by atoms with Gasteiger partial charge in [-0.15, -0.1) is 0 Å². The number of hydrogen-bond donors (Lipinski definition) is 2. The molecule has 1 aliphatic carbocycles. The van der Waals surface area contributed by atoms with Crippen LogP contribution in [0, 0.1) is 11.2 Å². The molecule has 0 radical (unpaired) electrons. The number of rotatable bonds is 6. The van der Waals surface area contributed by atoms with Crippen LogP contribution in [0.25, 0.3) is 0 Å². The van der Waals surface area contributed by atoms with Crippen LogP contribution in [0.4, 0.5) is 4.39 Å². The summed E-state index contributed by atoms with van der Waals surface area (Å²) in [5, 5.41) is 8.87. The largest absolute Gasteiger partial charge is 0.481 e. The molecular weight excluding hydrogens is 285 g/mol. The first-order valence-electron chi connectivity index (χ1n) is 6.31. The second-order valence-electron chi connectivity index (χ2n) is 5.18. The van der Waals surface area contributed by atoms with Crippen LogP contribution in [0.3, 0.4) is 0 Å². The van der Waals surface area contributed by atoms with Crippen molar-refractivity contribution in [3.05, 3.63) is 30.1 Å². The van der Waals surface area contributed by atoms with Gasteiger partial charge >= 0.3 is 5.97 Å². The monoisotopic (exact) mass is 301 g/mol. The molecule has 0 heterocycles. The third-order valence-corrected chi connectivity index (χ3v) is 5.14. The van der Waals surface area contributed by atoms with Gasteiger partial charge in [0.25, 0.3) is 0 Å². The standard InChI is InChI=1S/C13H16FNO4S/c14-10-4-1-2-5-11(10)20(18,19)15-9-13(6-3-7-13)8-12(16)17/h1-2,4-5,15H,3,6-9H2,(H,16,17). The first-order chi connectivity index (χ1) is 9.35. The fourth-order valence-electron chi connectivity index (χ4n) is 2.40. The predicted molar refractivity (Wildman–Crippen MR) is 70.1 cm³/mol. The van der Waals surface area contributed by atoms with Gasteiger partial charge in [0.1, 0.15) is 10.7 Å². The Labute approximate surface area is 116 Å². The van der Waals surface area contributed by atoms with Gasteiger partial charge in [0.2, 0.25) is 10.0 Å². The molecule has 0 saturated heterocycles. The molecular formula is C13H16FNO4S. The second kappa shape index (κ2) is 5.49. The van der Waals surface area contributed by atoms with Crippen LogP contribution in [0.5, 0.6) is 0 Å². The minimum Gasteiger partial charge on any atom is -0.481 e. The van der Waals surface area contributed by atoms with E-state index in [1.165, 1.54) is 18.2 Å². The van der Waals surface area contributed by atoms with E-state index in [0.717, 1.165) is 12.5 Å². The minimum absolute atomic E-state index is 0.0238. The Balaban J connectivity index is 2.10. The summed E-state index contributed by atoms with van der Waals surface area (Å²) in [6, 6.07) is 5.10. The Morgan fingerprint density at radius 1 is 1.35 bits per heavy atom. The Bertz CT molecular complexity index is 611. The quantitative estimate of drug-likeness (QED) is 0.838. The molecule has 0 unspecified atom stereocenters. The van der Waals surface area contributed by atoms with Gasteiger partial charge in [-0.3, -0.25) is 4.79 Å². The summed E-state index contributed by atoms with van der Waals surface area (Å²) in [5.74, 6) is -1.77. The number of nitrogens with one attached hydrogen (secondary N) is 1. The van der Waals surface area contributed by atoms with Gasteiger partial charge in [-0.1, -0.05) is 18.6 Å². The number of carboxylic acids is 1. The maximum absolute atomic E-state index is 13.5.